The van der Waals surface area contributed by atoms with E-state index in [0.717, 1.165) is 0 Å². The summed E-state index contributed by atoms with van der Waals surface area (Å²) in [6, 6.07) is 5.76. The summed E-state index contributed by atoms with van der Waals surface area (Å²) >= 11 is 0. The minimum Gasteiger partial charge on any atom is -0.442 e. The Labute approximate surface area is 116 Å². The lowest BCUT2D eigenvalue weighted by Gasteiger charge is -2.13. The van der Waals surface area contributed by atoms with Crippen molar-refractivity contribution in [2.75, 3.05) is 18.0 Å². The molecule has 1 unspecified atom stereocenters. The molecule has 0 saturated carbocycles. The van der Waals surface area contributed by atoms with E-state index in [-0.39, 0.29) is 18.4 Å². The Kier molecular flexibility index (Phi) is 4.22. The molecule has 1 aromatic rings. The van der Waals surface area contributed by atoms with Crippen LogP contribution in [-0.4, -0.2) is 31.2 Å². The number of nitrogens with zero attached hydrogens (tertiary/aromatic N) is 1. The summed E-state index contributed by atoms with van der Waals surface area (Å²) in [5.41, 5.74) is 0.452. The van der Waals surface area contributed by atoms with Gasteiger partial charge in [0.1, 0.15) is 11.9 Å². The summed E-state index contributed by atoms with van der Waals surface area (Å²) < 4.78 is 18.3. The van der Waals surface area contributed by atoms with E-state index in [2.05, 4.69) is 5.32 Å². The third-order valence-electron chi connectivity index (χ3n) is 3.02. The molecule has 0 spiro atoms. The van der Waals surface area contributed by atoms with Gasteiger partial charge in [0.2, 0.25) is 5.91 Å². The fraction of sp³-hybridized carbons (Fsp3) is 0.429. The number of rotatable bonds is 4. The molecule has 1 aliphatic heterocycles. The monoisotopic (exact) mass is 280 g/mol. The minimum atomic E-state index is -0.528. The maximum Gasteiger partial charge on any atom is 0.414 e. The van der Waals surface area contributed by atoms with E-state index in [9.17, 15) is 14.0 Å². The number of carbonyl (C=O) groups excluding carboxylic acids is 2. The second-order valence-corrected chi connectivity index (χ2v) is 5.00. The van der Waals surface area contributed by atoms with Crippen LogP contribution in [0.3, 0.4) is 0 Å². The van der Waals surface area contributed by atoms with Crippen molar-refractivity contribution in [2.24, 2.45) is 5.92 Å². The van der Waals surface area contributed by atoms with Gasteiger partial charge < -0.3 is 10.1 Å². The number of amides is 2. The second kappa shape index (κ2) is 5.90. The zero-order valence-corrected chi connectivity index (χ0v) is 11.4. The molecule has 1 atom stereocenters. The van der Waals surface area contributed by atoms with Crippen molar-refractivity contribution in [2.45, 2.75) is 20.0 Å². The Balaban J connectivity index is 1.95. The zero-order chi connectivity index (χ0) is 14.7. The van der Waals surface area contributed by atoms with Crippen molar-refractivity contribution in [1.29, 1.82) is 0 Å². The van der Waals surface area contributed by atoms with Crippen LogP contribution in [0.1, 0.15) is 13.8 Å². The molecule has 2 amide bonds. The molecule has 1 aliphatic rings. The molecular formula is C14H17FN2O3. The smallest absolute Gasteiger partial charge is 0.414 e. The van der Waals surface area contributed by atoms with Crippen molar-refractivity contribution in [1.82, 2.24) is 5.32 Å². The molecule has 6 heteroatoms. The number of nitrogens with one attached hydrogen (secondary N) is 1. The summed E-state index contributed by atoms with van der Waals surface area (Å²) in [4.78, 5) is 24.6. The zero-order valence-electron chi connectivity index (χ0n) is 11.4. The molecule has 20 heavy (non-hydrogen) atoms. The highest BCUT2D eigenvalue weighted by Crippen LogP contribution is 2.22. The average molecular weight is 280 g/mol. The predicted molar refractivity (Wildman–Crippen MR) is 71.9 cm³/mol. The standard InChI is InChI=1S/C14H17FN2O3/c1-9(2)13(18)16-7-12-8-17(14(19)20-12)11-5-3-4-10(15)6-11/h3-6,9,12H,7-8H2,1-2H3,(H,16,18). The molecule has 0 radical (unpaired) electrons. The molecular weight excluding hydrogens is 263 g/mol. The van der Waals surface area contributed by atoms with Gasteiger partial charge >= 0.3 is 6.09 Å². The quantitative estimate of drug-likeness (QED) is 0.916. The Morgan fingerprint density at radius 3 is 2.95 bits per heavy atom. The third kappa shape index (κ3) is 3.26. The Morgan fingerprint density at radius 1 is 1.55 bits per heavy atom. The SMILES string of the molecule is CC(C)C(=O)NCC1CN(c2cccc(F)c2)C(=O)O1. The number of carbonyl (C=O) groups is 2. The molecule has 108 valence electrons. The number of hydrogen-bond donors (Lipinski definition) is 1. The molecule has 5 nitrogen and oxygen atoms in total. The molecule has 1 fully saturated rings. The lowest BCUT2D eigenvalue weighted by Crippen LogP contribution is -2.36. The van der Waals surface area contributed by atoms with Gasteiger partial charge in [0.25, 0.3) is 0 Å². The van der Waals surface area contributed by atoms with E-state index in [0.29, 0.717) is 12.2 Å². The van der Waals surface area contributed by atoms with E-state index in [4.69, 9.17) is 4.74 Å². The number of anilines is 1. The van der Waals surface area contributed by atoms with Crippen molar-refractivity contribution in [3.05, 3.63) is 30.1 Å². The highest BCUT2D eigenvalue weighted by molar-refractivity contribution is 5.89. The lowest BCUT2D eigenvalue weighted by molar-refractivity contribution is -0.124. The summed E-state index contributed by atoms with van der Waals surface area (Å²) in [6.07, 6.45) is -0.951. The number of ether oxygens (including phenoxy) is 1. The maximum atomic E-state index is 13.2. The van der Waals surface area contributed by atoms with Gasteiger partial charge in [0.05, 0.1) is 18.8 Å². The average Bonchev–Trinajstić information content (AvgIpc) is 2.77. The van der Waals surface area contributed by atoms with Crippen molar-refractivity contribution in [3.8, 4) is 0 Å². The normalized spacial score (nSPS) is 18.3. The number of benzene rings is 1. The van der Waals surface area contributed by atoms with E-state index >= 15 is 0 Å². The van der Waals surface area contributed by atoms with E-state index < -0.39 is 18.0 Å². The van der Waals surface area contributed by atoms with Crippen LogP contribution < -0.4 is 10.2 Å². The first-order valence-electron chi connectivity index (χ1n) is 6.49. The van der Waals surface area contributed by atoms with E-state index in [1.165, 1.54) is 23.1 Å². The molecule has 0 aromatic heterocycles. The van der Waals surface area contributed by atoms with Crippen LogP contribution in [-0.2, 0) is 9.53 Å². The Hall–Kier alpha value is -2.11. The van der Waals surface area contributed by atoms with Crippen molar-refractivity contribution >= 4 is 17.7 Å². The molecule has 1 aromatic carbocycles. The van der Waals surface area contributed by atoms with Gasteiger partial charge in [-0.2, -0.15) is 0 Å². The summed E-state index contributed by atoms with van der Waals surface area (Å²) in [6.45, 7) is 4.12. The van der Waals surface area contributed by atoms with Crippen LogP contribution >= 0.6 is 0 Å². The van der Waals surface area contributed by atoms with Crippen LogP contribution in [0.5, 0.6) is 0 Å². The summed E-state index contributed by atoms with van der Waals surface area (Å²) in [5, 5.41) is 2.71. The van der Waals surface area contributed by atoms with Gasteiger partial charge in [0.15, 0.2) is 0 Å². The largest absolute Gasteiger partial charge is 0.442 e. The number of halogens is 1. The first kappa shape index (κ1) is 14.3. The topological polar surface area (TPSA) is 58.6 Å². The van der Waals surface area contributed by atoms with Gasteiger partial charge in [0, 0.05) is 5.92 Å². The van der Waals surface area contributed by atoms with E-state index in [1.54, 1.807) is 19.9 Å². The van der Waals surface area contributed by atoms with Crippen LogP contribution in [0.2, 0.25) is 0 Å². The lowest BCUT2D eigenvalue weighted by atomic mass is 10.2. The number of cyclic esters (lactones) is 1. The molecule has 0 aliphatic carbocycles. The second-order valence-electron chi connectivity index (χ2n) is 5.00. The van der Waals surface area contributed by atoms with Crippen molar-refractivity contribution < 1.29 is 18.7 Å². The highest BCUT2D eigenvalue weighted by Gasteiger charge is 2.32. The van der Waals surface area contributed by atoms with Gasteiger partial charge in [-0.15, -0.1) is 0 Å². The van der Waals surface area contributed by atoms with Crippen LogP contribution in [0.4, 0.5) is 14.9 Å². The fourth-order valence-electron chi connectivity index (χ4n) is 1.90. The highest BCUT2D eigenvalue weighted by atomic mass is 19.1. The van der Waals surface area contributed by atoms with Gasteiger partial charge in [-0.05, 0) is 18.2 Å². The predicted octanol–water partition coefficient (Wildman–Crippen LogP) is 1.92. The maximum absolute atomic E-state index is 13.2. The molecule has 1 heterocycles. The van der Waals surface area contributed by atoms with Gasteiger partial charge in [-0.1, -0.05) is 19.9 Å². The fourth-order valence-corrected chi connectivity index (χ4v) is 1.90. The van der Waals surface area contributed by atoms with Crippen LogP contribution in [0, 0.1) is 11.7 Å². The Morgan fingerprint density at radius 2 is 2.30 bits per heavy atom. The first-order valence-corrected chi connectivity index (χ1v) is 6.49. The van der Waals surface area contributed by atoms with Crippen molar-refractivity contribution in [3.63, 3.8) is 0 Å². The van der Waals surface area contributed by atoms with E-state index in [1.807, 2.05) is 0 Å². The van der Waals surface area contributed by atoms with Gasteiger partial charge in [-0.25, -0.2) is 9.18 Å². The number of hydrogen-bond acceptors (Lipinski definition) is 3. The molecule has 0 bridgehead atoms. The third-order valence-corrected chi connectivity index (χ3v) is 3.02. The summed E-state index contributed by atoms with van der Waals surface area (Å²) in [5.74, 6) is -0.622. The van der Waals surface area contributed by atoms with Crippen LogP contribution in [0.25, 0.3) is 0 Å². The summed E-state index contributed by atoms with van der Waals surface area (Å²) in [7, 11) is 0. The molecule has 2 rings (SSSR count). The molecule has 1 saturated heterocycles. The first-order chi connectivity index (χ1) is 9.47. The van der Waals surface area contributed by atoms with Gasteiger partial charge in [-0.3, -0.25) is 9.69 Å². The Bertz CT molecular complexity index is 519. The molecule has 1 N–H and O–H groups in total. The minimum absolute atomic E-state index is 0.0924. The van der Waals surface area contributed by atoms with Crippen LogP contribution in [0.15, 0.2) is 24.3 Å².